The van der Waals surface area contributed by atoms with E-state index in [4.69, 9.17) is 9.97 Å². The van der Waals surface area contributed by atoms with Crippen molar-refractivity contribution >= 4 is 32.3 Å². The van der Waals surface area contributed by atoms with Gasteiger partial charge in [0.25, 0.3) is 10.0 Å². The minimum atomic E-state index is -3.68. The summed E-state index contributed by atoms with van der Waals surface area (Å²) in [4.78, 5) is 14.8. The minimum absolute atomic E-state index is 0.0499. The molecule has 2 N–H and O–H groups in total. The van der Waals surface area contributed by atoms with Crippen LogP contribution in [0, 0.1) is 0 Å². The molecule has 0 saturated carbocycles. The van der Waals surface area contributed by atoms with E-state index in [1.807, 2.05) is 28.1 Å². The van der Waals surface area contributed by atoms with Crippen molar-refractivity contribution in [3.63, 3.8) is 0 Å². The lowest BCUT2D eigenvalue weighted by molar-refractivity contribution is 0.325. The Kier molecular flexibility index (Phi) is 5.89. The number of anilines is 1. The quantitative estimate of drug-likeness (QED) is 0.338. The predicted octanol–water partition coefficient (Wildman–Crippen LogP) is 3.22. The summed E-state index contributed by atoms with van der Waals surface area (Å²) >= 11 is 1.51. The van der Waals surface area contributed by atoms with Crippen LogP contribution in [-0.2, 0) is 17.1 Å². The Bertz CT molecular complexity index is 1690. The molecule has 1 aliphatic heterocycles. The number of hydrogen-bond acceptors (Lipinski definition) is 9. The summed E-state index contributed by atoms with van der Waals surface area (Å²) in [5, 5.41) is 19.4. The molecule has 1 aromatic carbocycles. The maximum absolute atomic E-state index is 13.1. The molecule has 4 aromatic heterocycles. The lowest BCUT2D eigenvalue weighted by atomic mass is 10.1. The number of aromatic hydroxyl groups is 1. The third kappa shape index (κ3) is 4.45. The zero-order valence-corrected chi connectivity index (χ0v) is 21.5. The minimum Gasteiger partial charge on any atom is -0.508 e. The van der Waals surface area contributed by atoms with Crippen LogP contribution >= 0.6 is 11.3 Å². The van der Waals surface area contributed by atoms with Gasteiger partial charge in [-0.05, 0) is 37.1 Å². The standard InChI is InChI=1S/C24H24N8O3S2/c1-30-11-8-20(29-30)37(34,35)31-10-3-5-17(15-31)26-23-25-9-7-19(27-23)22-21(16-4-2-6-18(33)14-16)28-24-32(22)12-13-36-24/h2,4,6-9,11-14,17,33H,3,5,10,15H2,1H3,(H,25,26,27)/t17-/m1/s1. The van der Waals surface area contributed by atoms with Gasteiger partial charge in [-0.25, -0.2) is 23.4 Å². The van der Waals surface area contributed by atoms with Gasteiger partial charge in [-0.2, -0.15) is 9.40 Å². The highest BCUT2D eigenvalue weighted by Crippen LogP contribution is 2.34. The summed E-state index contributed by atoms with van der Waals surface area (Å²) in [6, 6.07) is 10.2. The Hall–Kier alpha value is -3.81. The number of nitrogens with zero attached hydrogens (tertiary/aromatic N) is 7. The van der Waals surface area contributed by atoms with Gasteiger partial charge in [0, 0.05) is 55.7 Å². The fraction of sp³-hybridized carbons (Fsp3) is 0.250. The molecule has 37 heavy (non-hydrogen) atoms. The van der Waals surface area contributed by atoms with Gasteiger partial charge in [-0.3, -0.25) is 9.08 Å². The fourth-order valence-electron chi connectivity index (χ4n) is 4.57. The van der Waals surface area contributed by atoms with Crippen LogP contribution in [0.1, 0.15) is 12.8 Å². The van der Waals surface area contributed by atoms with E-state index in [1.54, 1.807) is 37.6 Å². The van der Waals surface area contributed by atoms with Crippen molar-refractivity contribution < 1.29 is 13.5 Å². The first-order valence-electron chi connectivity index (χ1n) is 11.7. The summed E-state index contributed by atoms with van der Waals surface area (Å²) in [5.74, 6) is 0.568. The van der Waals surface area contributed by atoms with Crippen LogP contribution in [0.15, 0.2) is 65.4 Å². The molecule has 0 unspecified atom stereocenters. The topological polar surface area (TPSA) is 131 Å². The van der Waals surface area contributed by atoms with Gasteiger partial charge in [0.2, 0.25) is 5.95 Å². The molecule has 1 saturated heterocycles. The maximum atomic E-state index is 13.1. The van der Waals surface area contributed by atoms with Gasteiger partial charge < -0.3 is 10.4 Å². The number of imidazole rings is 1. The highest BCUT2D eigenvalue weighted by molar-refractivity contribution is 7.89. The number of nitrogens with one attached hydrogen (secondary N) is 1. The maximum Gasteiger partial charge on any atom is 0.262 e. The van der Waals surface area contributed by atoms with Gasteiger partial charge >= 0.3 is 0 Å². The van der Waals surface area contributed by atoms with Crippen molar-refractivity contribution in [2.24, 2.45) is 7.05 Å². The van der Waals surface area contributed by atoms with Gasteiger partial charge in [0.15, 0.2) is 9.99 Å². The lowest BCUT2D eigenvalue weighted by Gasteiger charge is -2.31. The van der Waals surface area contributed by atoms with Crippen LogP contribution < -0.4 is 5.32 Å². The van der Waals surface area contributed by atoms with Crippen molar-refractivity contribution in [3.05, 3.63) is 60.4 Å². The molecule has 0 amide bonds. The first kappa shape index (κ1) is 23.6. The number of hydrogen-bond donors (Lipinski definition) is 2. The number of phenols is 1. The van der Waals surface area contributed by atoms with E-state index in [0.717, 1.165) is 22.6 Å². The predicted molar refractivity (Wildman–Crippen MR) is 140 cm³/mol. The largest absolute Gasteiger partial charge is 0.508 e. The van der Waals surface area contributed by atoms with Crippen LogP contribution in [0.4, 0.5) is 5.95 Å². The third-order valence-electron chi connectivity index (χ3n) is 6.29. The number of aryl methyl sites for hydroxylation is 1. The highest BCUT2D eigenvalue weighted by Gasteiger charge is 2.32. The number of benzene rings is 1. The smallest absolute Gasteiger partial charge is 0.262 e. The SMILES string of the molecule is Cn1ccc(S(=O)(=O)N2CCC[C@@H](Nc3nccc(-c4c(-c5cccc(O)c5)nc5sccn45)n3)C2)n1. The van der Waals surface area contributed by atoms with E-state index in [-0.39, 0.29) is 16.8 Å². The first-order valence-corrected chi connectivity index (χ1v) is 14.1. The van der Waals surface area contributed by atoms with E-state index in [9.17, 15) is 13.5 Å². The molecular formula is C24H24N8O3S2. The van der Waals surface area contributed by atoms with Gasteiger partial charge in [-0.15, -0.1) is 11.3 Å². The van der Waals surface area contributed by atoms with Crippen LogP contribution in [-0.4, -0.2) is 66.1 Å². The van der Waals surface area contributed by atoms with Crippen molar-refractivity contribution in [1.82, 2.24) is 33.4 Å². The summed E-state index contributed by atoms with van der Waals surface area (Å²) in [6.45, 7) is 0.736. The summed E-state index contributed by atoms with van der Waals surface area (Å²) < 4.78 is 31.1. The van der Waals surface area contributed by atoms with E-state index < -0.39 is 10.0 Å². The molecule has 1 fully saturated rings. The van der Waals surface area contributed by atoms with Crippen molar-refractivity contribution in [2.75, 3.05) is 18.4 Å². The van der Waals surface area contributed by atoms with Crippen LogP contribution in [0.3, 0.4) is 0 Å². The Balaban J connectivity index is 1.29. The average molecular weight is 537 g/mol. The van der Waals surface area contributed by atoms with Crippen LogP contribution in [0.2, 0.25) is 0 Å². The Morgan fingerprint density at radius 3 is 2.86 bits per heavy atom. The fourth-order valence-corrected chi connectivity index (χ4v) is 6.76. The van der Waals surface area contributed by atoms with Crippen LogP contribution in [0.5, 0.6) is 5.75 Å². The van der Waals surface area contributed by atoms with Crippen molar-refractivity contribution in [2.45, 2.75) is 23.9 Å². The van der Waals surface area contributed by atoms with Gasteiger partial charge in [0.1, 0.15) is 11.4 Å². The zero-order valence-electron chi connectivity index (χ0n) is 19.9. The number of piperidine rings is 1. The molecule has 0 spiro atoms. The molecule has 11 nitrogen and oxygen atoms in total. The molecule has 0 radical (unpaired) electrons. The second-order valence-corrected chi connectivity index (χ2v) is 11.6. The third-order valence-corrected chi connectivity index (χ3v) is 8.80. The monoisotopic (exact) mass is 536 g/mol. The molecule has 1 atom stereocenters. The van der Waals surface area contributed by atoms with Crippen molar-refractivity contribution in [3.8, 4) is 28.4 Å². The Morgan fingerprint density at radius 2 is 2.05 bits per heavy atom. The second-order valence-electron chi connectivity index (χ2n) is 8.85. The molecule has 5 heterocycles. The van der Waals surface area contributed by atoms with Crippen molar-refractivity contribution in [1.29, 1.82) is 0 Å². The average Bonchev–Trinajstić information content (AvgIpc) is 3.61. The Morgan fingerprint density at radius 1 is 1.16 bits per heavy atom. The number of rotatable bonds is 6. The van der Waals surface area contributed by atoms with E-state index >= 15 is 0 Å². The molecule has 13 heteroatoms. The van der Waals surface area contributed by atoms with E-state index in [0.29, 0.717) is 36.8 Å². The Labute approximate surface area is 217 Å². The van der Waals surface area contributed by atoms with Gasteiger partial charge in [0.05, 0.1) is 11.4 Å². The van der Waals surface area contributed by atoms with E-state index in [2.05, 4.69) is 15.4 Å². The molecule has 0 bridgehead atoms. The second kappa shape index (κ2) is 9.25. The molecule has 0 aliphatic carbocycles. The number of aromatic nitrogens is 6. The first-order chi connectivity index (χ1) is 17.9. The number of sulfonamides is 1. The number of fused-ring (bicyclic) bond motifs is 1. The molecule has 190 valence electrons. The highest BCUT2D eigenvalue weighted by atomic mass is 32.2. The summed E-state index contributed by atoms with van der Waals surface area (Å²) in [5.41, 5.74) is 2.94. The van der Waals surface area contributed by atoms with Crippen LogP contribution in [0.25, 0.3) is 27.6 Å². The molecular weight excluding hydrogens is 512 g/mol. The lowest BCUT2D eigenvalue weighted by Crippen LogP contribution is -2.45. The normalized spacial score (nSPS) is 16.8. The van der Waals surface area contributed by atoms with E-state index in [1.165, 1.54) is 26.4 Å². The zero-order chi connectivity index (χ0) is 25.6. The number of phenolic OH excluding ortho intramolecular Hbond substituents is 1. The number of thiazole rings is 1. The molecule has 6 rings (SSSR count). The molecule has 5 aromatic rings. The summed E-state index contributed by atoms with van der Waals surface area (Å²) in [7, 11) is -1.98. The molecule has 1 aliphatic rings. The van der Waals surface area contributed by atoms with Gasteiger partial charge in [-0.1, -0.05) is 12.1 Å². The summed E-state index contributed by atoms with van der Waals surface area (Å²) in [6.07, 6.45) is 6.73.